The highest BCUT2D eigenvalue weighted by molar-refractivity contribution is 6.31. The van der Waals surface area contributed by atoms with Crippen molar-refractivity contribution < 1.29 is 62.5 Å². The number of aliphatic carboxylic acids is 1. The van der Waals surface area contributed by atoms with Gasteiger partial charge in [0.25, 0.3) is 5.79 Å². The van der Waals surface area contributed by atoms with E-state index in [1.807, 2.05) is 30.3 Å². The number of carbonyl (C=O) groups is 4. The van der Waals surface area contributed by atoms with E-state index in [0.29, 0.717) is 94.4 Å². The number of hydrogen-bond donors (Lipinski definition) is 5. The molecule has 350 valence electrons. The summed E-state index contributed by atoms with van der Waals surface area (Å²) >= 11 is 0. The fourth-order valence-electron chi connectivity index (χ4n) is 6.48. The second kappa shape index (κ2) is 31.1. The van der Waals surface area contributed by atoms with Crippen molar-refractivity contribution in [1.82, 2.24) is 10.6 Å². The highest BCUT2D eigenvalue weighted by atomic mass is 16.7. The molecule has 1 aliphatic rings. The van der Waals surface area contributed by atoms with Crippen molar-refractivity contribution >= 4 is 35.5 Å². The third-order valence-corrected chi connectivity index (χ3v) is 9.79. The summed E-state index contributed by atoms with van der Waals surface area (Å²) in [5, 5.41) is 30.7. The van der Waals surface area contributed by atoms with E-state index in [1.165, 1.54) is 13.1 Å². The van der Waals surface area contributed by atoms with E-state index in [4.69, 9.17) is 39.0 Å². The summed E-state index contributed by atoms with van der Waals surface area (Å²) in [7, 11) is 0. The van der Waals surface area contributed by atoms with Crippen LogP contribution < -0.4 is 21.2 Å². The third kappa shape index (κ3) is 21.4. The molecule has 0 unspecified atom stereocenters. The van der Waals surface area contributed by atoms with Crippen molar-refractivity contribution in [2.24, 2.45) is 15.9 Å². The zero-order chi connectivity index (χ0) is 45.5. The Labute approximate surface area is 370 Å². The quantitative estimate of drug-likeness (QED) is 0.0217. The number of hydrogen-bond acceptors (Lipinski definition) is 15. The molecule has 1 fully saturated rings. The lowest BCUT2D eigenvalue weighted by atomic mass is 9.90. The van der Waals surface area contributed by atoms with Crippen LogP contribution in [0.5, 0.6) is 11.5 Å². The van der Waals surface area contributed by atoms with Crippen LogP contribution >= 0.6 is 0 Å². The molecule has 6 N–H and O–H groups in total. The van der Waals surface area contributed by atoms with Crippen LogP contribution in [0.3, 0.4) is 0 Å². The fourth-order valence-corrected chi connectivity index (χ4v) is 6.48. The number of carboxylic acids is 1. The number of aliphatic imine (C=N–C) groups is 1. The molecule has 0 aromatic heterocycles. The Bertz CT molecular complexity index is 1700. The van der Waals surface area contributed by atoms with Crippen LogP contribution in [0.2, 0.25) is 0 Å². The molecule has 1 aliphatic heterocycles. The Morgan fingerprint density at radius 1 is 0.889 bits per heavy atom. The zero-order valence-electron chi connectivity index (χ0n) is 36.7. The van der Waals surface area contributed by atoms with Crippen LogP contribution in [-0.4, -0.2) is 142 Å². The fraction of sp³-hybridized carbons (Fsp3) is 0.600. The van der Waals surface area contributed by atoms with Crippen molar-refractivity contribution in [3.05, 3.63) is 60.2 Å². The van der Waals surface area contributed by atoms with Crippen LogP contribution in [0.1, 0.15) is 88.4 Å². The Hall–Kier alpha value is -4.82. The van der Waals surface area contributed by atoms with Gasteiger partial charge >= 0.3 is 5.97 Å². The van der Waals surface area contributed by atoms with Gasteiger partial charge in [0.1, 0.15) is 23.3 Å². The van der Waals surface area contributed by atoms with Crippen molar-refractivity contribution in [3.8, 4) is 11.5 Å². The average molecular weight is 886 g/mol. The van der Waals surface area contributed by atoms with E-state index in [9.17, 15) is 29.4 Å². The van der Waals surface area contributed by atoms with Gasteiger partial charge in [0.15, 0.2) is 5.78 Å². The number of amides is 2. The predicted molar refractivity (Wildman–Crippen MR) is 235 cm³/mol. The molecule has 0 aliphatic carbocycles. The monoisotopic (exact) mass is 885 g/mol. The number of ether oxygens (including phenoxy) is 7. The molecule has 63 heavy (non-hydrogen) atoms. The van der Waals surface area contributed by atoms with E-state index < -0.39 is 30.0 Å². The van der Waals surface area contributed by atoms with Crippen molar-refractivity contribution in [1.29, 1.82) is 0 Å². The van der Waals surface area contributed by atoms with Gasteiger partial charge in [-0.2, -0.15) is 5.10 Å². The van der Waals surface area contributed by atoms with Gasteiger partial charge in [-0.3, -0.25) is 19.4 Å². The normalized spacial score (nSPS) is 18.2. The van der Waals surface area contributed by atoms with E-state index >= 15 is 0 Å². The molecule has 3 rings (SSSR count). The molecule has 2 aromatic carbocycles. The number of para-hydroxylation sites is 1. The number of carboxylic acid groups (broad SMARTS) is 1. The number of ketones is 1. The minimum Gasteiger partial charge on any atom is -0.477 e. The molecule has 0 saturated carbocycles. The van der Waals surface area contributed by atoms with Crippen LogP contribution in [0, 0.1) is 0 Å². The number of unbranched alkanes of at least 4 members (excludes halogenated alkanes) is 3. The average Bonchev–Trinajstić information content (AvgIpc) is 3.27. The number of Topliss-reactive ketones (excluding diaryl/α,β-unsaturated/α-hetero) is 1. The van der Waals surface area contributed by atoms with Crippen LogP contribution in [0.25, 0.3) is 0 Å². The smallest absolute Gasteiger partial charge is 0.364 e. The standard InChI is InChI=1S/C45H67N5O13/c1-3-4-21-48-42(54)19-23-57-25-26-58-24-22-47-32-36(50-46)33-60-28-27-59-29-30-61-45(44(55)56)20-18-39(49-34(2)51)43(63-45)41(53)17-10-6-9-16-40(52)35-12-11-15-38(31-35)62-37-13-7-5-8-14-37/h5,7-8,11-15,31-32,39,41,43,53H,3-4,6,9-10,16-30,33,46H2,1-2H3,(H,48,54)(H,49,51)(H,55,56)/t39-,41-,43-,45-/m1/s1. The topological polar surface area (TPSA) is 248 Å². The van der Waals surface area contributed by atoms with Crippen LogP contribution in [0.15, 0.2) is 64.7 Å². The maximum Gasteiger partial charge on any atom is 0.364 e. The number of rotatable bonds is 34. The number of nitrogens with two attached hydrogens (primary N) is 1. The molecule has 2 amide bonds. The number of aliphatic hydroxyl groups is 1. The molecule has 1 saturated heterocycles. The Morgan fingerprint density at radius 3 is 2.33 bits per heavy atom. The first-order valence-electron chi connectivity index (χ1n) is 21.8. The molecule has 0 bridgehead atoms. The second-order valence-corrected chi connectivity index (χ2v) is 14.9. The van der Waals surface area contributed by atoms with Crippen molar-refractivity contribution in [3.63, 3.8) is 0 Å². The molecule has 0 radical (unpaired) electrons. The highest BCUT2D eigenvalue weighted by Crippen LogP contribution is 2.33. The summed E-state index contributed by atoms with van der Waals surface area (Å²) in [6, 6.07) is 15.7. The van der Waals surface area contributed by atoms with Crippen LogP contribution in [0.4, 0.5) is 0 Å². The summed E-state index contributed by atoms with van der Waals surface area (Å²) < 4.78 is 39.6. The van der Waals surface area contributed by atoms with Crippen LogP contribution in [-0.2, 0) is 42.8 Å². The molecule has 1 heterocycles. The number of hydrazone groups is 1. The molecule has 4 atom stereocenters. The lowest BCUT2D eigenvalue weighted by Gasteiger charge is -2.43. The lowest BCUT2D eigenvalue weighted by molar-refractivity contribution is -0.294. The molecular formula is C45H67N5O13. The lowest BCUT2D eigenvalue weighted by Crippen LogP contribution is -2.61. The number of nitrogens with zero attached hydrogens (tertiary/aromatic N) is 2. The SMILES string of the molecule is CCCCNC(=O)CCOCCOCCN=CC(COCCOCCO[C@]1(C(=O)O)CC[C@@H](NC(C)=O)[C@H]([C@H](O)CCCCCC(=O)c2cccc(Oc3ccccc3)c2)O1)=NN. The summed E-state index contributed by atoms with van der Waals surface area (Å²) in [6.45, 7) is 6.30. The van der Waals surface area contributed by atoms with E-state index in [-0.39, 0.29) is 69.9 Å². The largest absolute Gasteiger partial charge is 0.477 e. The first kappa shape index (κ1) is 52.5. The van der Waals surface area contributed by atoms with Gasteiger partial charge in [0.05, 0.1) is 78.2 Å². The Kier molecular flexibility index (Phi) is 25.9. The minimum atomic E-state index is -2.05. The first-order valence-corrected chi connectivity index (χ1v) is 21.8. The summed E-state index contributed by atoms with van der Waals surface area (Å²) in [4.78, 5) is 53.3. The number of carbonyl (C=O) groups excluding carboxylic acids is 3. The highest BCUT2D eigenvalue weighted by Gasteiger charge is 2.51. The van der Waals surface area contributed by atoms with Crippen molar-refractivity contribution in [2.45, 2.75) is 102 Å². The molecule has 18 nitrogen and oxygen atoms in total. The Morgan fingerprint density at radius 2 is 1.60 bits per heavy atom. The van der Waals surface area contributed by atoms with E-state index in [1.54, 1.807) is 24.3 Å². The number of benzene rings is 2. The summed E-state index contributed by atoms with van der Waals surface area (Å²) in [5.41, 5.74) is 0.957. The van der Waals surface area contributed by atoms with Gasteiger partial charge in [-0.1, -0.05) is 56.5 Å². The van der Waals surface area contributed by atoms with E-state index in [2.05, 4.69) is 27.7 Å². The first-order chi connectivity index (χ1) is 30.6. The van der Waals surface area contributed by atoms with Gasteiger partial charge < -0.3 is 59.8 Å². The third-order valence-electron chi connectivity index (χ3n) is 9.79. The second-order valence-electron chi connectivity index (χ2n) is 14.9. The van der Waals surface area contributed by atoms with Gasteiger partial charge in [-0.05, 0) is 49.9 Å². The van der Waals surface area contributed by atoms with Gasteiger partial charge in [-0.25, -0.2) is 4.79 Å². The molecule has 0 spiro atoms. The minimum absolute atomic E-state index is 0.0205. The van der Waals surface area contributed by atoms with Gasteiger partial charge in [0, 0.05) is 44.5 Å². The summed E-state index contributed by atoms with van der Waals surface area (Å²) in [6.07, 6.45) is 4.08. The molecule has 2 aromatic rings. The Balaban J connectivity index is 1.31. The number of aliphatic hydroxyl groups excluding tert-OH is 1. The maximum absolute atomic E-state index is 12.9. The van der Waals surface area contributed by atoms with Gasteiger partial charge in [-0.15, -0.1) is 0 Å². The van der Waals surface area contributed by atoms with Gasteiger partial charge in [0.2, 0.25) is 11.8 Å². The number of nitrogens with one attached hydrogen (secondary N) is 2. The molecular weight excluding hydrogens is 819 g/mol. The summed E-state index contributed by atoms with van der Waals surface area (Å²) in [5.74, 6) is 2.90. The molecule has 18 heteroatoms. The maximum atomic E-state index is 12.9. The predicted octanol–water partition coefficient (Wildman–Crippen LogP) is 4.21. The van der Waals surface area contributed by atoms with E-state index in [0.717, 1.165) is 12.8 Å². The van der Waals surface area contributed by atoms with Crippen molar-refractivity contribution in [2.75, 3.05) is 72.6 Å². The zero-order valence-corrected chi connectivity index (χ0v) is 36.7.